The second kappa shape index (κ2) is 9.67. The van der Waals surface area contributed by atoms with Gasteiger partial charge in [-0.25, -0.2) is 4.79 Å². The molecule has 7 nitrogen and oxygen atoms in total. The van der Waals surface area contributed by atoms with Gasteiger partial charge in [0, 0.05) is 34.8 Å². The maximum Gasteiger partial charge on any atom is 0.409 e. The Morgan fingerprint density at radius 1 is 0.946 bits per heavy atom. The normalized spacial score (nSPS) is 15.5. The van der Waals surface area contributed by atoms with E-state index in [4.69, 9.17) is 4.74 Å². The molecule has 0 atom stereocenters. The highest BCUT2D eigenvalue weighted by Gasteiger charge is 2.32. The van der Waals surface area contributed by atoms with Gasteiger partial charge in [-0.05, 0) is 47.2 Å². The van der Waals surface area contributed by atoms with E-state index < -0.39 is 5.97 Å². The number of benzene rings is 3. The van der Waals surface area contributed by atoms with Crippen LogP contribution in [0, 0.1) is 0 Å². The van der Waals surface area contributed by atoms with E-state index in [2.05, 4.69) is 45.3 Å². The molecule has 0 saturated carbocycles. The molecule has 37 heavy (non-hydrogen) atoms. The smallest absolute Gasteiger partial charge is 0.409 e. The average Bonchev–Trinajstić information content (AvgIpc) is 3.44. The predicted molar refractivity (Wildman–Crippen MR) is 144 cm³/mol. The number of rotatable bonds is 5. The van der Waals surface area contributed by atoms with E-state index in [1.807, 2.05) is 42.5 Å². The van der Waals surface area contributed by atoms with Crippen LogP contribution in [0.2, 0.25) is 0 Å². The van der Waals surface area contributed by atoms with E-state index in [0.717, 1.165) is 33.9 Å². The zero-order valence-electron chi connectivity index (χ0n) is 20.1. The van der Waals surface area contributed by atoms with Crippen molar-refractivity contribution in [1.82, 2.24) is 14.7 Å². The maximum atomic E-state index is 13.0. The molecule has 1 aliphatic carbocycles. The quantitative estimate of drug-likeness (QED) is 0.323. The molecule has 0 radical (unpaired) electrons. The van der Waals surface area contributed by atoms with Gasteiger partial charge >= 0.3 is 12.1 Å². The molecule has 2 aliphatic rings. The Hall–Kier alpha value is -3.65. The summed E-state index contributed by atoms with van der Waals surface area (Å²) in [6.45, 7) is 1.26. The molecule has 4 aromatic rings. The van der Waals surface area contributed by atoms with Crippen LogP contribution in [0.5, 0.6) is 0 Å². The Morgan fingerprint density at radius 3 is 2.24 bits per heavy atom. The van der Waals surface area contributed by atoms with Gasteiger partial charge in [-0.3, -0.25) is 9.48 Å². The van der Waals surface area contributed by atoms with Gasteiger partial charge in [0.25, 0.3) is 0 Å². The fourth-order valence-electron chi connectivity index (χ4n) is 5.77. The fraction of sp³-hybridized carbons (Fsp3) is 0.276. The van der Waals surface area contributed by atoms with E-state index in [1.54, 1.807) is 9.58 Å². The summed E-state index contributed by atoms with van der Waals surface area (Å²) in [7, 11) is 0. The molecule has 1 fully saturated rings. The van der Waals surface area contributed by atoms with Crippen LogP contribution in [0.4, 0.5) is 4.79 Å². The first kappa shape index (κ1) is 23.7. The fourth-order valence-corrected chi connectivity index (χ4v) is 6.33. The second-order valence-electron chi connectivity index (χ2n) is 9.64. The molecule has 1 aromatic heterocycles. The SMILES string of the molecule is O=C(O)Cn1nc(C2CCN(C(=O)OCC3c4ccccc4-c4ccccc43)CC2)c2c(Br)cccc21. The summed E-state index contributed by atoms with van der Waals surface area (Å²) in [5, 5.41) is 15.0. The summed E-state index contributed by atoms with van der Waals surface area (Å²) in [6.07, 6.45) is 1.19. The summed E-state index contributed by atoms with van der Waals surface area (Å²) >= 11 is 3.62. The molecule has 8 heteroatoms. The number of hydrogen-bond donors (Lipinski definition) is 1. The standard InChI is InChI=1S/C29H26BrN3O4/c30-24-10-5-11-25-27(24)28(31-33(25)16-26(34)35)18-12-14-32(15-13-18)29(36)37-17-23-21-8-3-1-6-19(21)20-7-2-4-9-22(20)23/h1-11,18,23H,12-17H2,(H,34,35). The summed E-state index contributed by atoms with van der Waals surface area (Å²) in [5.41, 5.74) is 6.50. The summed E-state index contributed by atoms with van der Waals surface area (Å²) in [4.78, 5) is 26.2. The molecule has 1 saturated heterocycles. The summed E-state index contributed by atoms with van der Waals surface area (Å²) in [6, 6.07) is 22.4. The van der Waals surface area contributed by atoms with Crippen molar-refractivity contribution in [1.29, 1.82) is 0 Å². The molecule has 6 rings (SSSR count). The number of likely N-dealkylation sites (tertiary alicyclic amines) is 1. The first-order chi connectivity index (χ1) is 18.0. The van der Waals surface area contributed by atoms with E-state index in [9.17, 15) is 14.7 Å². The van der Waals surface area contributed by atoms with Gasteiger partial charge in [0.15, 0.2) is 0 Å². The molecule has 0 unspecified atom stereocenters. The van der Waals surface area contributed by atoms with Gasteiger partial charge in [0.2, 0.25) is 0 Å². The number of nitrogens with zero attached hydrogens (tertiary/aromatic N) is 3. The number of piperidine rings is 1. The van der Waals surface area contributed by atoms with Crippen molar-refractivity contribution in [3.8, 4) is 11.1 Å². The molecule has 1 amide bonds. The molecule has 2 heterocycles. The number of ether oxygens (including phenoxy) is 1. The number of halogens is 1. The number of carboxylic acids is 1. The number of carbonyl (C=O) groups excluding carboxylic acids is 1. The lowest BCUT2D eigenvalue weighted by molar-refractivity contribution is -0.137. The molecule has 188 valence electrons. The molecular weight excluding hydrogens is 534 g/mol. The van der Waals surface area contributed by atoms with Crippen molar-refractivity contribution >= 4 is 38.9 Å². The first-order valence-electron chi connectivity index (χ1n) is 12.5. The van der Waals surface area contributed by atoms with Crippen LogP contribution in [0.1, 0.15) is 41.5 Å². The minimum atomic E-state index is -0.930. The van der Waals surface area contributed by atoms with Gasteiger partial charge in [-0.2, -0.15) is 5.10 Å². The highest BCUT2D eigenvalue weighted by atomic mass is 79.9. The monoisotopic (exact) mass is 559 g/mol. The molecule has 1 N–H and O–H groups in total. The largest absolute Gasteiger partial charge is 0.480 e. The molecular formula is C29H26BrN3O4. The highest BCUT2D eigenvalue weighted by molar-refractivity contribution is 9.10. The topological polar surface area (TPSA) is 84.7 Å². The van der Waals surface area contributed by atoms with Crippen LogP contribution in [-0.2, 0) is 16.1 Å². The summed E-state index contributed by atoms with van der Waals surface area (Å²) < 4.78 is 8.30. The van der Waals surface area contributed by atoms with Crippen LogP contribution in [0.3, 0.4) is 0 Å². The van der Waals surface area contributed by atoms with Crippen molar-refractivity contribution in [2.45, 2.75) is 31.2 Å². The first-order valence-corrected chi connectivity index (χ1v) is 13.3. The van der Waals surface area contributed by atoms with Crippen LogP contribution >= 0.6 is 15.9 Å². The minimum Gasteiger partial charge on any atom is -0.480 e. The lowest BCUT2D eigenvalue weighted by Gasteiger charge is -2.31. The number of aliphatic carboxylic acids is 1. The van der Waals surface area contributed by atoms with Gasteiger partial charge in [-0.15, -0.1) is 0 Å². The Kier molecular flexibility index (Phi) is 6.20. The third-order valence-corrected chi connectivity index (χ3v) is 8.18. The second-order valence-corrected chi connectivity index (χ2v) is 10.5. The number of carbonyl (C=O) groups is 2. The van der Waals surface area contributed by atoms with Crippen LogP contribution < -0.4 is 0 Å². The van der Waals surface area contributed by atoms with Crippen molar-refractivity contribution < 1.29 is 19.4 Å². The van der Waals surface area contributed by atoms with Gasteiger partial charge in [0.1, 0.15) is 13.2 Å². The molecule has 3 aromatic carbocycles. The highest BCUT2D eigenvalue weighted by Crippen LogP contribution is 2.44. The van der Waals surface area contributed by atoms with Crippen LogP contribution in [-0.4, -0.2) is 51.5 Å². The molecule has 0 spiro atoms. The van der Waals surface area contributed by atoms with Gasteiger partial charge in [0.05, 0.1) is 11.2 Å². The number of amides is 1. The zero-order valence-corrected chi connectivity index (χ0v) is 21.7. The Morgan fingerprint density at radius 2 is 1.59 bits per heavy atom. The molecule has 0 bridgehead atoms. The van der Waals surface area contributed by atoms with E-state index in [-0.39, 0.29) is 24.5 Å². The van der Waals surface area contributed by atoms with Gasteiger partial charge < -0.3 is 14.7 Å². The van der Waals surface area contributed by atoms with E-state index >= 15 is 0 Å². The number of fused-ring (bicyclic) bond motifs is 4. The third-order valence-electron chi connectivity index (χ3n) is 7.52. The predicted octanol–water partition coefficient (Wildman–Crippen LogP) is 6.01. The number of carboxylic acid groups (broad SMARTS) is 1. The van der Waals surface area contributed by atoms with Crippen molar-refractivity contribution in [3.63, 3.8) is 0 Å². The van der Waals surface area contributed by atoms with Crippen LogP contribution in [0.15, 0.2) is 71.2 Å². The van der Waals surface area contributed by atoms with E-state index in [0.29, 0.717) is 19.7 Å². The van der Waals surface area contributed by atoms with Crippen molar-refractivity contribution in [2.75, 3.05) is 19.7 Å². The van der Waals surface area contributed by atoms with Crippen molar-refractivity contribution in [2.24, 2.45) is 0 Å². The van der Waals surface area contributed by atoms with Crippen molar-refractivity contribution in [3.05, 3.63) is 88.0 Å². The Bertz CT molecular complexity index is 1460. The zero-order chi connectivity index (χ0) is 25.5. The lowest BCUT2D eigenvalue weighted by Crippen LogP contribution is -2.38. The van der Waals surface area contributed by atoms with Crippen LogP contribution in [0.25, 0.3) is 22.0 Å². The Labute approximate surface area is 222 Å². The lowest BCUT2D eigenvalue weighted by atomic mass is 9.92. The number of aromatic nitrogens is 2. The minimum absolute atomic E-state index is 0.0378. The van der Waals surface area contributed by atoms with Gasteiger partial charge in [-0.1, -0.05) is 70.5 Å². The third kappa shape index (κ3) is 4.29. The summed E-state index contributed by atoms with van der Waals surface area (Å²) in [5.74, 6) is -0.759. The average molecular weight is 560 g/mol. The maximum absolute atomic E-state index is 13.0. The molecule has 1 aliphatic heterocycles. The Balaban J connectivity index is 1.14. The van der Waals surface area contributed by atoms with E-state index in [1.165, 1.54) is 22.3 Å². The number of hydrogen-bond acceptors (Lipinski definition) is 4.